The largest absolute Gasteiger partial charge is 0.338 e. The minimum atomic E-state index is -3.92. The lowest BCUT2D eigenvalue weighted by Crippen LogP contribution is -2.44. The number of rotatable bonds is 9. The van der Waals surface area contributed by atoms with Gasteiger partial charge in [-0.05, 0) is 6.92 Å². The van der Waals surface area contributed by atoms with Crippen molar-refractivity contribution in [2.24, 2.45) is 0 Å². The van der Waals surface area contributed by atoms with E-state index < -0.39 is 22.1 Å². The molecule has 0 atom stereocenters. The lowest BCUT2D eigenvalue weighted by Gasteiger charge is -2.29. The second-order valence-electron chi connectivity index (χ2n) is 5.87. The maximum atomic E-state index is 11.4. The third-order valence-electron chi connectivity index (χ3n) is 3.01. The molecular weight excluding hydrogens is 310 g/mol. The van der Waals surface area contributed by atoms with Crippen molar-refractivity contribution in [2.45, 2.75) is 19.8 Å². The van der Waals surface area contributed by atoms with Crippen LogP contribution >= 0.6 is 0 Å². The van der Waals surface area contributed by atoms with Gasteiger partial charge in [0.15, 0.2) is 0 Å². The van der Waals surface area contributed by atoms with Crippen LogP contribution in [-0.2, 0) is 14.9 Å². The molecule has 0 aromatic heterocycles. The van der Waals surface area contributed by atoms with E-state index in [0.717, 1.165) is 6.54 Å². The van der Waals surface area contributed by atoms with Crippen LogP contribution < -0.4 is 10.6 Å². The summed E-state index contributed by atoms with van der Waals surface area (Å²) in [5.41, 5.74) is 0.256. The van der Waals surface area contributed by atoms with Crippen molar-refractivity contribution >= 4 is 22.1 Å². The van der Waals surface area contributed by atoms with Crippen LogP contribution in [0, 0.1) is 0 Å². The highest BCUT2D eigenvalue weighted by atomic mass is 32.2. The Labute approximate surface area is 131 Å². The lowest BCUT2D eigenvalue weighted by molar-refractivity contribution is -0.890. The lowest BCUT2D eigenvalue weighted by atomic mass is 10.3. The van der Waals surface area contributed by atoms with E-state index in [-0.39, 0.29) is 11.3 Å². The Morgan fingerprint density at radius 3 is 2.23 bits per heavy atom. The van der Waals surface area contributed by atoms with Crippen LogP contribution in [0.25, 0.3) is 0 Å². The van der Waals surface area contributed by atoms with E-state index in [1.807, 2.05) is 14.1 Å². The summed E-state index contributed by atoms with van der Waals surface area (Å²) in [6.07, 6.45) is 1.04. The van der Waals surface area contributed by atoms with Crippen molar-refractivity contribution in [1.82, 2.24) is 10.6 Å². The van der Waals surface area contributed by atoms with Crippen molar-refractivity contribution in [3.8, 4) is 0 Å². The predicted molar refractivity (Wildman–Crippen MR) is 83.8 cm³/mol. The summed E-state index contributed by atoms with van der Waals surface area (Å²) >= 11 is 0. The minimum Gasteiger partial charge on any atom is -0.338 e. The molecule has 0 saturated heterocycles. The fourth-order valence-electron chi connectivity index (χ4n) is 1.75. The van der Waals surface area contributed by atoms with Gasteiger partial charge in [-0.15, -0.1) is 0 Å². The first-order valence-electron chi connectivity index (χ1n) is 6.95. The molecule has 0 bridgehead atoms. The van der Waals surface area contributed by atoms with E-state index in [0.29, 0.717) is 30.4 Å². The molecule has 0 fully saturated rings. The molecule has 0 aliphatic rings. The molecule has 0 aliphatic carbocycles. The zero-order valence-electron chi connectivity index (χ0n) is 13.4. The molecule has 0 unspecified atom stereocenters. The van der Waals surface area contributed by atoms with Gasteiger partial charge in [0.25, 0.3) is 16.0 Å². The van der Waals surface area contributed by atoms with E-state index in [9.17, 15) is 18.0 Å². The summed E-state index contributed by atoms with van der Waals surface area (Å²) in [7, 11) is -0.0376. The monoisotopic (exact) mass is 336 g/mol. The average Bonchev–Trinajstić information content (AvgIpc) is 2.32. The molecule has 22 heavy (non-hydrogen) atoms. The number of carbonyl (C=O) groups excluding carboxylic acids is 2. The highest BCUT2D eigenvalue weighted by Crippen LogP contribution is 2.02. The number of nitrogens with zero attached hydrogens (tertiary/aromatic N) is 1. The van der Waals surface area contributed by atoms with Crippen LogP contribution in [0.1, 0.15) is 19.8 Å². The SMILES string of the molecule is C=C(C)C(=O)NC(=O)NCCC[N+](C)(C)CCCS(=O)(=O)O. The number of carbonyl (C=O) groups is 2. The summed E-state index contributed by atoms with van der Waals surface area (Å²) in [6.45, 7) is 6.65. The van der Waals surface area contributed by atoms with E-state index in [4.69, 9.17) is 4.55 Å². The molecular formula is C13H26N3O5S+. The molecule has 0 aromatic rings. The second-order valence-corrected chi connectivity index (χ2v) is 7.44. The fraction of sp³-hybridized carbons (Fsp3) is 0.692. The molecule has 0 spiro atoms. The van der Waals surface area contributed by atoms with Crippen molar-refractivity contribution in [3.63, 3.8) is 0 Å². The highest BCUT2D eigenvalue weighted by molar-refractivity contribution is 7.85. The molecule has 0 rings (SSSR count). The maximum Gasteiger partial charge on any atom is 0.321 e. The van der Waals surface area contributed by atoms with Gasteiger partial charge in [-0.25, -0.2) is 4.79 Å². The van der Waals surface area contributed by atoms with Crippen LogP contribution in [0.3, 0.4) is 0 Å². The van der Waals surface area contributed by atoms with Gasteiger partial charge in [0, 0.05) is 25.0 Å². The standard InChI is InChI=1S/C13H25N3O5S/c1-11(2)12(17)15-13(18)14-7-5-8-16(3,4)9-6-10-22(19,20)21/h1,5-10H2,2-4H3,(H2-,14,15,17,18,19,20,21)/p+1. The summed E-state index contributed by atoms with van der Waals surface area (Å²) < 4.78 is 30.5. The van der Waals surface area contributed by atoms with Gasteiger partial charge < -0.3 is 9.80 Å². The number of hydrogen-bond acceptors (Lipinski definition) is 4. The van der Waals surface area contributed by atoms with Crippen LogP contribution in [0.2, 0.25) is 0 Å². The van der Waals surface area contributed by atoms with E-state index in [1.165, 1.54) is 6.92 Å². The van der Waals surface area contributed by atoms with Crippen molar-refractivity contribution in [1.29, 1.82) is 0 Å². The first-order chi connectivity index (χ1) is 9.93. The van der Waals surface area contributed by atoms with E-state index in [1.54, 1.807) is 0 Å². The summed E-state index contributed by atoms with van der Waals surface area (Å²) in [4.78, 5) is 22.6. The van der Waals surface area contributed by atoms with Crippen LogP contribution in [0.15, 0.2) is 12.2 Å². The van der Waals surface area contributed by atoms with Crippen molar-refractivity contribution in [3.05, 3.63) is 12.2 Å². The van der Waals surface area contributed by atoms with E-state index in [2.05, 4.69) is 17.2 Å². The Hall–Kier alpha value is -1.45. The van der Waals surface area contributed by atoms with Crippen molar-refractivity contribution in [2.75, 3.05) is 39.5 Å². The summed E-state index contributed by atoms with van der Waals surface area (Å²) in [6, 6.07) is -0.565. The molecule has 9 heteroatoms. The number of quaternary nitrogens is 1. The first kappa shape index (κ1) is 20.6. The number of urea groups is 1. The molecule has 128 valence electrons. The van der Waals surface area contributed by atoms with Gasteiger partial charge in [-0.1, -0.05) is 6.58 Å². The van der Waals surface area contributed by atoms with Gasteiger partial charge >= 0.3 is 6.03 Å². The second kappa shape index (κ2) is 8.86. The van der Waals surface area contributed by atoms with Crippen LogP contribution in [-0.4, -0.2) is 68.9 Å². The zero-order valence-corrected chi connectivity index (χ0v) is 14.2. The fourth-order valence-corrected chi connectivity index (χ4v) is 2.24. The predicted octanol–water partition coefficient (Wildman–Crippen LogP) is 0.133. The Bertz CT molecular complexity index is 514. The third-order valence-corrected chi connectivity index (χ3v) is 3.81. The molecule has 8 nitrogen and oxygen atoms in total. The smallest absolute Gasteiger partial charge is 0.321 e. The molecule has 0 radical (unpaired) electrons. The molecule has 0 aromatic carbocycles. The third kappa shape index (κ3) is 11.2. The van der Waals surface area contributed by atoms with Gasteiger partial charge in [0.05, 0.1) is 32.9 Å². The zero-order chi connectivity index (χ0) is 17.4. The maximum absolute atomic E-state index is 11.4. The number of hydrogen-bond donors (Lipinski definition) is 3. The Kier molecular flexibility index (Phi) is 8.28. The topological polar surface area (TPSA) is 113 Å². The van der Waals surface area contributed by atoms with Gasteiger partial charge in [0.2, 0.25) is 0 Å². The van der Waals surface area contributed by atoms with Gasteiger partial charge in [-0.3, -0.25) is 14.7 Å². The summed E-state index contributed by atoms with van der Waals surface area (Å²) in [5, 5.41) is 4.70. The molecule has 3 amide bonds. The number of imide groups is 1. The molecule has 0 saturated carbocycles. The summed E-state index contributed by atoms with van der Waals surface area (Å²) in [5.74, 6) is -0.767. The minimum absolute atomic E-state index is 0.252. The van der Waals surface area contributed by atoms with Gasteiger partial charge in [0.1, 0.15) is 0 Å². The molecule has 0 heterocycles. The number of amides is 3. The van der Waals surface area contributed by atoms with Crippen LogP contribution in [0.4, 0.5) is 4.79 Å². The quantitative estimate of drug-likeness (QED) is 0.240. The van der Waals surface area contributed by atoms with Crippen LogP contribution in [0.5, 0.6) is 0 Å². The van der Waals surface area contributed by atoms with Gasteiger partial charge in [-0.2, -0.15) is 8.42 Å². The molecule has 0 aliphatic heterocycles. The molecule has 3 N–H and O–H groups in total. The average molecular weight is 336 g/mol. The number of nitrogens with one attached hydrogen (secondary N) is 2. The Balaban J connectivity index is 3.91. The Morgan fingerprint density at radius 1 is 1.18 bits per heavy atom. The van der Waals surface area contributed by atoms with Crippen molar-refractivity contribution < 1.29 is 27.0 Å². The highest BCUT2D eigenvalue weighted by Gasteiger charge is 2.16. The first-order valence-corrected chi connectivity index (χ1v) is 8.56. The van der Waals surface area contributed by atoms with E-state index >= 15 is 0 Å². The normalized spacial score (nSPS) is 11.8. The Morgan fingerprint density at radius 2 is 1.73 bits per heavy atom.